The zero-order valence-electron chi connectivity index (χ0n) is 10.9. The highest BCUT2D eigenvalue weighted by Gasteiger charge is 2.22. The number of hydrogen-bond acceptors (Lipinski definition) is 2. The molecule has 0 saturated carbocycles. The zero-order valence-corrected chi connectivity index (χ0v) is 8.92. The molecule has 2 rings (SSSR count). The van der Waals surface area contributed by atoms with Crippen LogP contribution in [-0.4, -0.2) is 14.6 Å². The third-order valence-electron chi connectivity index (χ3n) is 2.21. The fraction of sp³-hybridized carbons (Fsp3) is 0.455. The molecule has 0 atom stereocenters. The van der Waals surface area contributed by atoms with Crippen LogP contribution in [-0.2, 0) is 5.41 Å². The van der Waals surface area contributed by atoms with E-state index in [9.17, 15) is 0 Å². The molecule has 14 heavy (non-hydrogen) atoms. The van der Waals surface area contributed by atoms with Crippen LogP contribution in [0.2, 0.25) is 0 Å². The van der Waals surface area contributed by atoms with Gasteiger partial charge < -0.3 is 0 Å². The molecule has 0 fully saturated rings. The van der Waals surface area contributed by atoms with Crippen molar-refractivity contribution in [3.8, 4) is 0 Å². The van der Waals surface area contributed by atoms with Gasteiger partial charge in [-0.3, -0.25) is 0 Å². The van der Waals surface area contributed by atoms with Gasteiger partial charge in [0.05, 0.1) is 8.44 Å². The van der Waals surface area contributed by atoms with E-state index in [2.05, 4.69) is 30.9 Å². The Morgan fingerprint density at radius 3 is 2.79 bits per heavy atom. The van der Waals surface area contributed by atoms with Gasteiger partial charge in [0.2, 0.25) is 0 Å². The number of fused-ring (bicyclic) bond motifs is 1. The van der Waals surface area contributed by atoms with Gasteiger partial charge in [-0.25, -0.2) is 9.50 Å². The van der Waals surface area contributed by atoms with Crippen LogP contribution in [0.3, 0.4) is 0 Å². The lowest BCUT2D eigenvalue weighted by Gasteiger charge is -2.17. The Morgan fingerprint density at radius 2 is 2.14 bits per heavy atom. The van der Waals surface area contributed by atoms with Gasteiger partial charge in [-0.05, 0) is 18.4 Å². The number of rotatable bonds is 0. The third-order valence-corrected chi connectivity index (χ3v) is 2.21. The average molecular weight is 191 g/mol. The number of aromatic nitrogens is 3. The topological polar surface area (TPSA) is 30.2 Å². The fourth-order valence-corrected chi connectivity index (χ4v) is 1.77. The molecule has 0 aromatic carbocycles. The Labute approximate surface area is 86.6 Å². The molecule has 2 heterocycles. The molecule has 0 aliphatic carbocycles. The van der Waals surface area contributed by atoms with Gasteiger partial charge >= 0.3 is 0 Å². The summed E-state index contributed by atoms with van der Waals surface area (Å²) in [6, 6.07) is 0.0930. The Balaban J connectivity index is 2.88. The summed E-state index contributed by atoms with van der Waals surface area (Å²) in [4.78, 5) is 4.22. The van der Waals surface area contributed by atoms with Gasteiger partial charge in [-0.1, -0.05) is 20.8 Å². The van der Waals surface area contributed by atoms with Gasteiger partial charge in [0.1, 0.15) is 0 Å². The van der Waals surface area contributed by atoms with Crippen molar-refractivity contribution in [2.45, 2.75) is 33.1 Å². The zero-order chi connectivity index (χ0) is 12.1. The second kappa shape index (κ2) is 2.80. The summed E-state index contributed by atoms with van der Waals surface area (Å²) in [5, 5.41) is 4.29. The van der Waals surface area contributed by atoms with E-state index >= 15 is 0 Å². The lowest BCUT2D eigenvalue weighted by Crippen LogP contribution is -2.12. The fourth-order valence-electron chi connectivity index (χ4n) is 1.77. The molecule has 3 nitrogen and oxygen atoms in total. The van der Waals surface area contributed by atoms with Crippen molar-refractivity contribution in [1.29, 1.82) is 0 Å². The molecule has 0 aliphatic heterocycles. The molecular formula is C11H15N3. The summed E-state index contributed by atoms with van der Waals surface area (Å²) < 4.78 is 16.7. The Hall–Kier alpha value is -1.38. The molecule has 0 N–H and O–H groups in total. The van der Waals surface area contributed by atoms with Crippen LogP contribution in [0.5, 0.6) is 0 Å². The second-order valence-corrected chi connectivity index (χ2v) is 4.46. The maximum atomic E-state index is 7.78. The Bertz CT molecular complexity index is 552. The van der Waals surface area contributed by atoms with Crippen LogP contribution in [0.25, 0.3) is 5.65 Å². The number of nitrogens with zero attached hydrogens (tertiary/aromatic N) is 3. The summed E-state index contributed by atoms with van der Waals surface area (Å²) in [7, 11) is 0. The van der Waals surface area contributed by atoms with Crippen LogP contribution in [0.15, 0.2) is 18.4 Å². The molecule has 0 bridgehead atoms. The maximum Gasteiger partial charge on any atom is 0.158 e. The molecule has 0 unspecified atom stereocenters. The summed E-state index contributed by atoms with van der Waals surface area (Å²) in [5.74, 6) is 0. The quantitative estimate of drug-likeness (QED) is 0.639. The van der Waals surface area contributed by atoms with Crippen molar-refractivity contribution in [3.63, 3.8) is 0 Å². The minimum Gasteiger partial charge on any atom is -0.237 e. The van der Waals surface area contributed by atoms with E-state index in [1.54, 1.807) is 0 Å². The minimum absolute atomic E-state index is 0.0607. The Morgan fingerprint density at radius 1 is 1.43 bits per heavy atom. The first kappa shape index (κ1) is 6.98. The SMILES string of the molecule is [2H]c1cnc2c(C(C)(C)C)c(C)nn2c1[2H]. The van der Waals surface area contributed by atoms with E-state index < -0.39 is 0 Å². The van der Waals surface area contributed by atoms with Gasteiger partial charge in [0, 0.05) is 17.9 Å². The molecule has 0 spiro atoms. The molecular weight excluding hydrogens is 174 g/mol. The standard InChI is InChI=1S/C11H15N3/c1-8-9(11(2,3)4)10-12-6-5-7-14(10)13-8/h5-7H,1-4H3/i5D,7D. The molecule has 74 valence electrons. The molecule has 0 aliphatic rings. The van der Waals surface area contributed by atoms with Crippen molar-refractivity contribution in [3.05, 3.63) is 29.7 Å². The number of hydrogen-bond donors (Lipinski definition) is 0. The van der Waals surface area contributed by atoms with Crippen molar-refractivity contribution >= 4 is 5.65 Å². The molecule has 0 saturated heterocycles. The normalized spacial score (nSPS) is 14.3. The van der Waals surface area contributed by atoms with E-state index in [4.69, 9.17) is 2.74 Å². The predicted molar refractivity (Wildman–Crippen MR) is 56.4 cm³/mol. The summed E-state index contributed by atoms with van der Waals surface area (Å²) in [6.45, 7) is 8.20. The van der Waals surface area contributed by atoms with E-state index in [0.717, 1.165) is 11.3 Å². The van der Waals surface area contributed by atoms with Crippen molar-refractivity contribution in [2.24, 2.45) is 0 Å². The van der Waals surface area contributed by atoms with Crippen molar-refractivity contribution in [2.75, 3.05) is 0 Å². The van der Waals surface area contributed by atoms with Gasteiger partial charge in [0.15, 0.2) is 5.65 Å². The van der Waals surface area contributed by atoms with Gasteiger partial charge in [0.25, 0.3) is 0 Å². The first-order valence-electron chi connectivity index (χ1n) is 5.64. The summed E-state index contributed by atoms with van der Waals surface area (Å²) in [6.07, 6.45) is 1.50. The third kappa shape index (κ3) is 1.29. The van der Waals surface area contributed by atoms with Crippen LogP contribution < -0.4 is 0 Å². The first-order chi connectivity index (χ1) is 7.32. The summed E-state index contributed by atoms with van der Waals surface area (Å²) >= 11 is 0. The van der Waals surface area contributed by atoms with Gasteiger partial charge in [-0.15, -0.1) is 0 Å². The minimum atomic E-state index is -0.0607. The highest BCUT2D eigenvalue weighted by molar-refractivity contribution is 5.53. The smallest absolute Gasteiger partial charge is 0.158 e. The van der Waals surface area contributed by atoms with Crippen LogP contribution >= 0.6 is 0 Å². The summed E-state index contributed by atoms with van der Waals surface area (Å²) in [5.41, 5.74) is 2.54. The van der Waals surface area contributed by atoms with Gasteiger partial charge in [-0.2, -0.15) is 5.10 Å². The molecule has 2 aromatic heterocycles. The lowest BCUT2D eigenvalue weighted by atomic mass is 9.87. The highest BCUT2D eigenvalue weighted by atomic mass is 15.2. The number of aryl methyl sites for hydroxylation is 1. The predicted octanol–water partition coefficient (Wildman–Crippen LogP) is 2.34. The molecule has 0 radical (unpaired) electrons. The van der Waals surface area contributed by atoms with E-state index in [1.807, 2.05) is 6.92 Å². The lowest BCUT2D eigenvalue weighted by molar-refractivity contribution is 0.590. The van der Waals surface area contributed by atoms with Crippen LogP contribution in [0.1, 0.15) is 34.8 Å². The second-order valence-electron chi connectivity index (χ2n) is 4.46. The maximum absolute atomic E-state index is 7.78. The largest absolute Gasteiger partial charge is 0.237 e. The molecule has 3 heteroatoms. The van der Waals surface area contributed by atoms with E-state index in [1.165, 1.54) is 10.7 Å². The molecule has 0 amide bonds. The van der Waals surface area contributed by atoms with E-state index in [-0.39, 0.29) is 17.6 Å². The van der Waals surface area contributed by atoms with Crippen molar-refractivity contribution in [1.82, 2.24) is 14.6 Å². The monoisotopic (exact) mass is 191 g/mol. The highest BCUT2D eigenvalue weighted by Crippen LogP contribution is 2.27. The first-order valence-corrected chi connectivity index (χ1v) is 4.64. The van der Waals surface area contributed by atoms with Crippen LogP contribution in [0.4, 0.5) is 0 Å². The van der Waals surface area contributed by atoms with Crippen molar-refractivity contribution < 1.29 is 2.74 Å². The van der Waals surface area contributed by atoms with E-state index in [0.29, 0.717) is 5.65 Å². The molecule has 2 aromatic rings. The Kier molecular flexibility index (Phi) is 1.40. The van der Waals surface area contributed by atoms with Crippen LogP contribution in [0, 0.1) is 6.92 Å². The average Bonchev–Trinajstić information content (AvgIpc) is 2.48.